The first-order valence-corrected chi connectivity index (χ1v) is 9.57. The number of hydrogen-bond donors (Lipinski definition) is 1. The van der Waals surface area contributed by atoms with E-state index < -0.39 is 16.1 Å². The van der Waals surface area contributed by atoms with Crippen LogP contribution in [0.1, 0.15) is 11.1 Å². The number of pyridine rings is 1. The van der Waals surface area contributed by atoms with E-state index in [2.05, 4.69) is 26.2 Å². The van der Waals surface area contributed by atoms with Crippen LogP contribution in [-0.2, 0) is 27.8 Å². The first kappa shape index (κ1) is 17.1. The minimum absolute atomic E-state index is 0.0603. The van der Waals surface area contributed by atoms with Gasteiger partial charge in [0.2, 0.25) is 15.9 Å². The summed E-state index contributed by atoms with van der Waals surface area (Å²) in [6, 6.07) is 8.28. The molecule has 1 amide bonds. The van der Waals surface area contributed by atoms with Gasteiger partial charge in [0, 0.05) is 30.5 Å². The van der Waals surface area contributed by atoms with E-state index in [-0.39, 0.29) is 17.3 Å². The van der Waals surface area contributed by atoms with E-state index in [1.807, 2.05) is 24.3 Å². The lowest BCUT2D eigenvalue weighted by molar-refractivity contribution is -0.124. The molecule has 0 bridgehead atoms. The van der Waals surface area contributed by atoms with Gasteiger partial charge in [-0.1, -0.05) is 24.3 Å². The maximum Gasteiger partial charge on any atom is 0.245 e. The Labute approximate surface area is 149 Å². The zero-order valence-corrected chi connectivity index (χ0v) is 15.3. The normalized spacial score (nSPS) is 18.0. The van der Waals surface area contributed by atoms with Gasteiger partial charge in [0.25, 0.3) is 0 Å². The lowest BCUT2D eigenvalue weighted by Gasteiger charge is -2.34. The van der Waals surface area contributed by atoms with Crippen molar-refractivity contribution in [2.75, 3.05) is 7.05 Å². The number of nitrogens with zero attached hydrogens (tertiary/aromatic N) is 2. The van der Waals surface area contributed by atoms with Crippen molar-refractivity contribution in [3.05, 3.63) is 58.3 Å². The number of hydrogen-bond acceptors (Lipinski definition) is 4. The number of carbonyl (C=O) groups is 1. The van der Waals surface area contributed by atoms with Crippen molar-refractivity contribution >= 4 is 31.9 Å². The maximum absolute atomic E-state index is 13.1. The summed E-state index contributed by atoms with van der Waals surface area (Å²) < 4.78 is 27.9. The van der Waals surface area contributed by atoms with Crippen LogP contribution in [0.2, 0.25) is 0 Å². The molecule has 126 valence electrons. The summed E-state index contributed by atoms with van der Waals surface area (Å²) in [7, 11) is -2.34. The molecule has 0 unspecified atom stereocenters. The molecule has 3 rings (SSSR count). The van der Waals surface area contributed by atoms with Gasteiger partial charge >= 0.3 is 0 Å². The van der Waals surface area contributed by atoms with E-state index in [0.29, 0.717) is 10.9 Å². The number of likely N-dealkylation sites (N-methyl/N-ethyl adjacent to an activating group) is 1. The number of amides is 1. The van der Waals surface area contributed by atoms with Crippen molar-refractivity contribution in [1.82, 2.24) is 14.6 Å². The molecule has 2 aromatic rings. The van der Waals surface area contributed by atoms with Gasteiger partial charge in [0.05, 0.1) is 0 Å². The molecule has 0 aliphatic carbocycles. The second-order valence-electron chi connectivity index (χ2n) is 5.49. The highest BCUT2D eigenvalue weighted by Crippen LogP contribution is 2.29. The molecule has 0 fully saturated rings. The molecular weight excluding hydrogens is 394 g/mol. The first-order valence-electron chi connectivity index (χ1n) is 7.34. The molecule has 1 aromatic carbocycles. The predicted molar refractivity (Wildman–Crippen MR) is 92.7 cm³/mol. The lowest BCUT2D eigenvalue weighted by Crippen LogP contribution is -2.51. The monoisotopic (exact) mass is 409 g/mol. The summed E-state index contributed by atoms with van der Waals surface area (Å²) in [4.78, 5) is 16.3. The van der Waals surface area contributed by atoms with Crippen molar-refractivity contribution in [3.8, 4) is 0 Å². The Morgan fingerprint density at radius 3 is 2.67 bits per heavy atom. The molecule has 8 heteroatoms. The van der Waals surface area contributed by atoms with Crippen LogP contribution >= 0.6 is 15.9 Å². The van der Waals surface area contributed by atoms with Crippen LogP contribution in [0.3, 0.4) is 0 Å². The smallest absolute Gasteiger partial charge is 0.245 e. The fourth-order valence-corrected chi connectivity index (χ4v) is 4.88. The topological polar surface area (TPSA) is 79.4 Å². The minimum Gasteiger partial charge on any atom is -0.358 e. The van der Waals surface area contributed by atoms with Gasteiger partial charge in [0.15, 0.2) is 0 Å². The second-order valence-corrected chi connectivity index (χ2v) is 8.30. The number of halogens is 1. The lowest BCUT2D eigenvalue weighted by atomic mass is 9.95. The number of rotatable bonds is 3. The number of benzene rings is 1. The third-order valence-electron chi connectivity index (χ3n) is 4.04. The molecule has 0 saturated carbocycles. The summed E-state index contributed by atoms with van der Waals surface area (Å²) in [6.07, 6.45) is 3.15. The second kappa shape index (κ2) is 6.62. The number of sulfonamides is 1. The number of nitrogens with one attached hydrogen (secondary N) is 1. The zero-order valence-electron chi connectivity index (χ0n) is 12.9. The Morgan fingerprint density at radius 2 is 2.00 bits per heavy atom. The van der Waals surface area contributed by atoms with E-state index in [4.69, 9.17) is 0 Å². The van der Waals surface area contributed by atoms with Crippen LogP contribution in [0.5, 0.6) is 0 Å². The summed E-state index contributed by atoms with van der Waals surface area (Å²) in [5.74, 6) is -0.323. The first-order chi connectivity index (χ1) is 11.4. The Balaban J connectivity index is 2.07. The van der Waals surface area contributed by atoms with Gasteiger partial charge in [-0.15, -0.1) is 0 Å². The van der Waals surface area contributed by atoms with Crippen LogP contribution in [0.15, 0.2) is 52.1 Å². The predicted octanol–water partition coefficient (Wildman–Crippen LogP) is 1.71. The molecule has 0 spiro atoms. The molecule has 24 heavy (non-hydrogen) atoms. The van der Waals surface area contributed by atoms with Gasteiger partial charge in [-0.25, -0.2) is 8.42 Å². The molecule has 0 radical (unpaired) electrons. The van der Waals surface area contributed by atoms with Crippen molar-refractivity contribution in [2.24, 2.45) is 0 Å². The third kappa shape index (κ3) is 3.09. The van der Waals surface area contributed by atoms with Crippen molar-refractivity contribution < 1.29 is 13.2 Å². The quantitative estimate of drug-likeness (QED) is 0.836. The van der Waals surface area contributed by atoms with E-state index in [1.54, 1.807) is 0 Å². The summed E-state index contributed by atoms with van der Waals surface area (Å²) >= 11 is 3.24. The molecule has 1 aliphatic rings. The SMILES string of the molecule is CNC(=O)[C@@H]1Cc2ccccc2CN1S(=O)(=O)c1cncc(Br)c1. The van der Waals surface area contributed by atoms with Crippen LogP contribution in [0.4, 0.5) is 0 Å². The average molecular weight is 410 g/mol. The minimum atomic E-state index is -3.85. The molecule has 1 aromatic heterocycles. The Hall–Kier alpha value is -1.77. The molecule has 1 N–H and O–H groups in total. The maximum atomic E-state index is 13.1. The van der Waals surface area contributed by atoms with Gasteiger partial charge in [-0.3, -0.25) is 9.78 Å². The highest BCUT2D eigenvalue weighted by atomic mass is 79.9. The standard InChI is InChI=1S/C16H16BrN3O3S/c1-18-16(21)15-6-11-4-2-3-5-12(11)10-20(15)24(22,23)14-7-13(17)8-19-9-14/h2-5,7-9,15H,6,10H2,1H3,(H,18,21)/t15-/m0/s1. The van der Waals surface area contributed by atoms with E-state index in [1.165, 1.54) is 29.8 Å². The van der Waals surface area contributed by atoms with Crippen LogP contribution in [-0.4, -0.2) is 36.7 Å². The molecule has 1 aliphatic heterocycles. The number of aromatic nitrogens is 1. The molecule has 1 atom stereocenters. The molecule has 6 nitrogen and oxygen atoms in total. The van der Waals surface area contributed by atoms with Crippen LogP contribution in [0, 0.1) is 0 Å². The molecular formula is C16H16BrN3O3S. The van der Waals surface area contributed by atoms with Gasteiger partial charge in [-0.2, -0.15) is 4.31 Å². The number of carbonyl (C=O) groups excluding carboxylic acids is 1. The molecule has 2 heterocycles. The van der Waals surface area contributed by atoms with Crippen molar-refractivity contribution in [3.63, 3.8) is 0 Å². The van der Waals surface area contributed by atoms with Gasteiger partial charge in [0.1, 0.15) is 10.9 Å². The van der Waals surface area contributed by atoms with Crippen molar-refractivity contribution in [2.45, 2.75) is 23.9 Å². The van der Waals surface area contributed by atoms with Crippen LogP contribution in [0.25, 0.3) is 0 Å². The van der Waals surface area contributed by atoms with E-state index >= 15 is 0 Å². The van der Waals surface area contributed by atoms with Crippen molar-refractivity contribution in [1.29, 1.82) is 0 Å². The summed E-state index contributed by atoms with van der Waals surface area (Å²) in [5.41, 5.74) is 1.90. The highest BCUT2D eigenvalue weighted by molar-refractivity contribution is 9.10. The third-order valence-corrected chi connectivity index (χ3v) is 6.29. The van der Waals surface area contributed by atoms with E-state index in [0.717, 1.165) is 11.1 Å². The fraction of sp³-hybridized carbons (Fsp3) is 0.250. The Bertz CT molecular complexity index is 886. The Kier molecular flexibility index (Phi) is 4.71. The fourth-order valence-electron chi connectivity index (χ4n) is 2.81. The van der Waals surface area contributed by atoms with E-state index in [9.17, 15) is 13.2 Å². The van der Waals surface area contributed by atoms with Gasteiger partial charge in [-0.05, 0) is 39.5 Å². The molecule has 0 saturated heterocycles. The summed E-state index contributed by atoms with van der Waals surface area (Å²) in [5, 5.41) is 2.56. The zero-order chi connectivity index (χ0) is 17.3. The number of fused-ring (bicyclic) bond motifs is 1. The summed E-state index contributed by atoms with van der Waals surface area (Å²) in [6.45, 7) is 0.156. The Morgan fingerprint density at radius 1 is 1.29 bits per heavy atom. The largest absolute Gasteiger partial charge is 0.358 e. The highest BCUT2D eigenvalue weighted by Gasteiger charge is 2.39. The van der Waals surface area contributed by atoms with Gasteiger partial charge < -0.3 is 5.32 Å². The average Bonchev–Trinajstić information content (AvgIpc) is 2.60. The van der Waals surface area contributed by atoms with Crippen LogP contribution < -0.4 is 5.32 Å².